The Balaban J connectivity index is 1.18. The summed E-state index contributed by atoms with van der Waals surface area (Å²) in [4.78, 5) is 2.44. The van der Waals surface area contributed by atoms with E-state index in [1.807, 2.05) is 0 Å². The van der Waals surface area contributed by atoms with Crippen LogP contribution in [0.2, 0.25) is 0 Å². The average Bonchev–Trinajstić information content (AvgIpc) is 3.55. The molecule has 0 saturated heterocycles. The minimum absolute atomic E-state index is 0.0386. The van der Waals surface area contributed by atoms with Crippen molar-refractivity contribution in [2.75, 3.05) is 4.90 Å². The monoisotopic (exact) mass is 697 g/mol. The SMILES string of the molecule is C/C=C\c1cccc(-c2ccc(N(c3ccc(-c4ccccc4)cc3)c3cc(C)c4c(c3)C(C)(C)c3cc5c(cc3-4)C(C)(C)c3ccccc3-5)cc2)c1C. The van der Waals surface area contributed by atoms with E-state index in [4.69, 9.17) is 0 Å². The highest BCUT2D eigenvalue weighted by Crippen LogP contribution is 2.57. The maximum Gasteiger partial charge on any atom is 0.0467 e. The van der Waals surface area contributed by atoms with Crippen LogP contribution in [0.25, 0.3) is 50.6 Å². The highest BCUT2D eigenvalue weighted by Gasteiger charge is 2.42. The molecule has 0 aromatic heterocycles. The van der Waals surface area contributed by atoms with E-state index in [2.05, 4.69) is 211 Å². The molecule has 0 heterocycles. The number of allylic oxidation sites excluding steroid dienone is 1. The average molecular weight is 698 g/mol. The molecule has 9 rings (SSSR count). The highest BCUT2D eigenvalue weighted by atomic mass is 15.1. The molecule has 264 valence electrons. The Bertz CT molecular complexity index is 2600. The lowest BCUT2D eigenvalue weighted by Crippen LogP contribution is -2.17. The molecule has 0 aliphatic heterocycles. The quantitative estimate of drug-likeness (QED) is 0.167. The predicted molar refractivity (Wildman–Crippen MR) is 231 cm³/mol. The number of anilines is 3. The predicted octanol–water partition coefficient (Wildman–Crippen LogP) is 14.8. The molecule has 0 fully saturated rings. The zero-order chi connectivity index (χ0) is 37.4. The first kappa shape index (κ1) is 33.9. The molecule has 0 unspecified atom stereocenters. The van der Waals surface area contributed by atoms with Gasteiger partial charge in [0, 0.05) is 27.9 Å². The van der Waals surface area contributed by atoms with Crippen LogP contribution in [0.3, 0.4) is 0 Å². The molecule has 0 spiro atoms. The fourth-order valence-corrected chi connectivity index (χ4v) is 9.36. The molecule has 0 amide bonds. The first-order chi connectivity index (χ1) is 26.1. The molecule has 0 atom stereocenters. The summed E-state index contributed by atoms with van der Waals surface area (Å²) in [6.07, 6.45) is 4.30. The second-order valence-electron chi connectivity index (χ2n) is 16.2. The lowest BCUT2D eigenvalue weighted by atomic mass is 9.79. The highest BCUT2D eigenvalue weighted by molar-refractivity contribution is 5.93. The van der Waals surface area contributed by atoms with Crippen molar-refractivity contribution in [3.8, 4) is 44.5 Å². The first-order valence-electron chi connectivity index (χ1n) is 19.3. The van der Waals surface area contributed by atoms with Gasteiger partial charge < -0.3 is 4.90 Å². The third-order valence-corrected chi connectivity index (χ3v) is 12.3. The molecule has 2 aliphatic rings. The van der Waals surface area contributed by atoms with Gasteiger partial charge in [-0.15, -0.1) is 0 Å². The van der Waals surface area contributed by atoms with Crippen molar-refractivity contribution in [2.45, 2.75) is 59.3 Å². The van der Waals surface area contributed by atoms with Crippen LogP contribution in [-0.2, 0) is 10.8 Å². The Hall–Kier alpha value is -5.92. The molecule has 0 bridgehead atoms. The molecule has 0 N–H and O–H groups in total. The van der Waals surface area contributed by atoms with Gasteiger partial charge in [-0.2, -0.15) is 0 Å². The smallest absolute Gasteiger partial charge is 0.0467 e. The third kappa shape index (κ3) is 5.21. The topological polar surface area (TPSA) is 3.24 Å². The van der Waals surface area contributed by atoms with E-state index < -0.39 is 0 Å². The zero-order valence-corrected chi connectivity index (χ0v) is 32.5. The maximum absolute atomic E-state index is 2.52. The minimum atomic E-state index is -0.162. The van der Waals surface area contributed by atoms with Crippen LogP contribution >= 0.6 is 0 Å². The number of rotatable bonds is 6. The fourth-order valence-electron chi connectivity index (χ4n) is 9.36. The van der Waals surface area contributed by atoms with Gasteiger partial charge in [0.05, 0.1) is 0 Å². The summed E-state index contributed by atoms with van der Waals surface area (Å²) in [7, 11) is 0. The summed E-state index contributed by atoms with van der Waals surface area (Å²) < 4.78 is 0. The summed E-state index contributed by atoms with van der Waals surface area (Å²) in [5.41, 5.74) is 23.2. The van der Waals surface area contributed by atoms with E-state index in [1.54, 1.807) is 0 Å². The standard InChI is InChI=1S/C53H47N/c1-8-15-36-18-14-20-43(35(36)3)39-24-28-41(29-25-39)54(40-26-22-38(23-27-40)37-16-10-9-11-17-37)42-30-34(2)51-46-33-48-45(32-49(46)53(6,7)50(51)31-42)44-19-12-13-21-47(44)52(48,4)5/h8-33H,1-7H3/b15-8-. The van der Waals surface area contributed by atoms with Crippen molar-refractivity contribution in [3.05, 3.63) is 191 Å². The second-order valence-corrected chi connectivity index (χ2v) is 16.2. The van der Waals surface area contributed by atoms with Gasteiger partial charge in [-0.1, -0.05) is 137 Å². The molecule has 1 heteroatoms. The number of benzene rings is 7. The van der Waals surface area contributed by atoms with Crippen molar-refractivity contribution < 1.29 is 0 Å². The van der Waals surface area contributed by atoms with E-state index in [-0.39, 0.29) is 10.8 Å². The van der Waals surface area contributed by atoms with E-state index in [0.717, 1.165) is 11.4 Å². The molecule has 2 aliphatic carbocycles. The Kier molecular flexibility index (Phi) is 7.91. The van der Waals surface area contributed by atoms with Crippen molar-refractivity contribution >= 4 is 23.1 Å². The molecule has 54 heavy (non-hydrogen) atoms. The lowest BCUT2D eigenvalue weighted by molar-refractivity contribution is 0.652. The lowest BCUT2D eigenvalue weighted by Gasteiger charge is -2.29. The van der Waals surface area contributed by atoms with Gasteiger partial charge in [0.1, 0.15) is 0 Å². The van der Waals surface area contributed by atoms with Crippen molar-refractivity contribution in [1.82, 2.24) is 0 Å². The van der Waals surface area contributed by atoms with Crippen LogP contribution in [-0.4, -0.2) is 0 Å². The van der Waals surface area contributed by atoms with Crippen LogP contribution in [0.15, 0.2) is 152 Å². The zero-order valence-electron chi connectivity index (χ0n) is 32.5. The van der Waals surface area contributed by atoms with Crippen molar-refractivity contribution in [3.63, 3.8) is 0 Å². The van der Waals surface area contributed by atoms with Crippen LogP contribution in [0.4, 0.5) is 17.1 Å². The molecule has 7 aromatic rings. The molecule has 7 aromatic carbocycles. The van der Waals surface area contributed by atoms with Gasteiger partial charge in [0.25, 0.3) is 0 Å². The number of hydrogen-bond donors (Lipinski definition) is 0. The number of hydrogen-bond acceptors (Lipinski definition) is 1. The molecule has 0 radical (unpaired) electrons. The Morgan fingerprint density at radius 3 is 1.72 bits per heavy atom. The maximum atomic E-state index is 2.52. The van der Waals surface area contributed by atoms with Crippen LogP contribution in [0.5, 0.6) is 0 Å². The molecule has 0 saturated carbocycles. The van der Waals surface area contributed by atoms with Crippen LogP contribution in [0, 0.1) is 13.8 Å². The van der Waals surface area contributed by atoms with Crippen LogP contribution in [0.1, 0.15) is 73.6 Å². The van der Waals surface area contributed by atoms with Gasteiger partial charge in [0.2, 0.25) is 0 Å². The first-order valence-corrected chi connectivity index (χ1v) is 19.3. The summed E-state index contributed by atoms with van der Waals surface area (Å²) in [6, 6.07) is 54.3. The van der Waals surface area contributed by atoms with Gasteiger partial charge in [-0.25, -0.2) is 0 Å². The third-order valence-electron chi connectivity index (χ3n) is 12.3. The summed E-state index contributed by atoms with van der Waals surface area (Å²) in [5, 5.41) is 0. The number of nitrogens with zero attached hydrogens (tertiary/aromatic N) is 1. The number of fused-ring (bicyclic) bond motifs is 6. The largest absolute Gasteiger partial charge is 0.310 e. The van der Waals surface area contributed by atoms with E-state index >= 15 is 0 Å². The second kappa shape index (κ2) is 12.6. The van der Waals surface area contributed by atoms with Crippen LogP contribution < -0.4 is 4.90 Å². The summed E-state index contributed by atoms with van der Waals surface area (Å²) in [5.74, 6) is 0. The van der Waals surface area contributed by atoms with E-state index in [0.29, 0.717) is 0 Å². The van der Waals surface area contributed by atoms with E-state index in [9.17, 15) is 0 Å². The van der Waals surface area contributed by atoms with Crippen molar-refractivity contribution in [2.24, 2.45) is 0 Å². The van der Waals surface area contributed by atoms with Gasteiger partial charge in [-0.3, -0.25) is 0 Å². The summed E-state index contributed by atoms with van der Waals surface area (Å²) in [6.45, 7) is 16.2. The Morgan fingerprint density at radius 2 is 1.02 bits per heavy atom. The Labute approximate surface area is 321 Å². The van der Waals surface area contributed by atoms with Gasteiger partial charge in [0.15, 0.2) is 0 Å². The molecular weight excluding hydrogens is 651 g/mol. The normalized spacial score (nSPS) is 14.4. The summed E-state index contributed by atoms with van der Waals surface area (Å²) >= 11 is 0. The number of aryl methyl sites for hydroxylation is 1. The molecule has 1 nitrogen and oxygen atoms in total. The van der Waals surface area contributed by atoms with E-state index in [1.165, 1.54) is 89.1 Å². The minimum Gasteiger partial charge on any atom is -0.310 e. The van der Waals surface area contributed by atoms with Gasteiger partial charge >= 0.3 is 0 Å². The molecular formula is C53H47N. The van der Waals surface area contributed by atoms with Gasteiger partial charge in [-0.05, 0) is 153 Å². The Morgan fingerprint density at radius 1 is 0.444 bits per heavy atom. The fraction of sp³-hybridized carbons (Fsp3) is 0.170. The van der Waals surface area contributed by atoms with Crippen molar-refractivity contribution in [1.29, 1.82) is 0 Å².